The van der Waals surface area contributed by atoms with Gasteiger partial charge >= 0.3 is 6.18 Å². The molecule has 0 bridgehead atoms. The van der Waals surface area contributed by atoms with Gasteiger partial charge in [-0.25, -0.2) is 5.84 Å². The van der Waals surface area contributed by atoms with Crippen LogP contribution in [0.2, 0.25) is 0 Å². The van der Waals surface area contributed by atoms with E-state index in [-0.39, 0.29) is 17.8 Å². The molecule has 0 aromatic carbocycles. The largest absolute Gasteiger partial charge is 0.405 e. The fourth-order valence-electron chi connectivity index (χ4n) is 0.888. The molecule has 0 aliphatic carbocycles. The Morgan fingerprint density at radius 1 is 1.18 bits per heavy atom. The summed E-state index contributed by atoms with van der Waals surface area (Å²) in [4.78, 5) is 12.8. The van der Waals surface area contributed by atoms with Crippen LogP contribution in [-0.4, -0.2) is 41.8 Å². The van der Waals surface area contributed by atoms with Gasteiger partial charge in [-0.1, -0.05) is 0 Å². The number of nitrogen functional groups attached to an aromatic ring is 1. The first kappa shape index (κ1) is 13.2. The van der Waals surface area contributed by atoms with Crippen molar-refractivity contribution in [3.8, 4) is 0 Å². The minimum absolute atomic E-state index is 0.0200. The maximum atomic E-state index is 12.0. The molecule has 4 N–H and O–H groups in total. The smallest absolute Gasteiger partial charge is 0.347 e. The van der Waals surface area contributed by atoms with Gasteiger partial charge in [-0.2, -0.15) is 28.1 Å². The van der Waals surface area contributed by atoms with Gasteiger partial charge in [0, 0.05) is 14.1 Å². The second kappa shape index (κ2) is 4.99. The molecule has 1 rings (SSSR count). The summed E-state index contributed by atoms with van der Waals surface area (Å²) in [6, 6.07) is 0. The topological polar surface area (TPSA) is 92.0 Å². The van der Waals surface area contributed by atoms with Crippen LogP contribution >= 0.6 is 0 Å². The SMILES string of the molecule is CN(C)c1nc(NN)nc(NCC(F)(F)F)n1. The average molecular weight is 251 g/mol. The van der Waals surface area contributed by atoms with Crippen molar-refractivity contribution in [2.24, 2.45) is 5.84 Å². The van der Waals surface area contributed by atoms with Crippen LogP contribution in [0.25, 0.3) is 0 Å². The predicted molar refractivity (Wildman–Crippen MR) is 56.5 cm³/mol. The van der Waals surface area contributed by atoms with E-state index in [0.717, 1.165) is 0 Å². The summed E-state index contributed by atoms with van der Waals surface area (Å²) in [6.45, 7) is -1.23. The highest BCUT2D eigenvalue weighted by molar-refractivity contribution is 5.42. The molecule has 96 valence electrons. The molecule has 0 unspecified atom stereocenters. The number of hydrogen-bond donors (Lipinski definition) is 3. The quantitative estimate of drug-likeness (QED) is 0.520. The molecule has 0 fully saturated rings. The van der Waals surface area contributed by atoms with Crippen molar-refractivity contribution in [3.05, 3.63) is 0 Å². The van der Waals surface area contributed by atoms with Crippen LogP contribution in [0, 0.1) is 0 Å². The number of rotatable bonds is 4. The third kappa shape index (κ3) is 4.26. The highest BCUT2D eigenvalue weighted by atomic mass is 19.4. The van der Waals surface area contributed by atoms with E-state index in [4.69, 9.17) is 5.84 Å². The Bertz CT molecular complexity index is 378. The molecule has 17 heavy (non-hydrogen) atoms. The van der Waals surface area contributed by atoms with Crippen molar-refractivity contribution in [1.29, 1.82) is 0 Å². The average Bonchev–Trinajstić information content (AvgIpc) is 2.25. The Hall–Kier alpha value is -1.84. The maximum Gasteiger partial charge on any atom is 0.405 e. The van der Waals surface area contributed by atoms with E-state index >= 15 is 0 Å². The van der Waals surface area contributed by atoms with Gasteiger partial charge in [-0.15, -0.1) is 0 Å². The lowest BCUT2D eigenvalue weighted by Gasteiger charge is -2.13. The van der Waals surface area contributed by atoms with Gasteiger partial charge in [0.25, 0.3) is 0 Å². The monoisotopic (exact) mass is 251 g/mol. The van der Waals surface area contributed by atoms with Gasteiger partial charge < -0.3 is 10.2 Å². The Morgan fingerprint density at radius 2 is 1.76 bits per heavy atom. The first-order valence-corrected chi connectivity index (χ1v) is 4.52. The van der Waals surface area contributed by atoms with E-state index in [1.807, 2.05) is 5.32 Å². The van der Waals surface area contributed by atoms with Crippen LogP contribution in [0.3, 0.4) is 0 Å². The Labute approximate surface area is 95.2 Å². The molecule has 0 atom stereocenters. The summed E-state index contributed by atoms with van der Waals surface area (Å²) in [5.74, 6) is 5.07. The molecule has 1 heterocycles. The Balaban J connectivity index is 2.87. The van der Waals surface area contributed by atoms with Crippen LogP contribution in [-0.2, 0) is 0 Å². The van der Waals surface area contributed by atoms with Gasteiger partial charge in [0.15, 0.2) is 0 Å². The number of nitrogens with two attached hydrogens (primary N) is 1. The van der Waals surface area contributed by atoms with Crippen molar-refractivity contribution in [1.82, 2.24) is 15.0 Å². The Morgan fingerprint density at radius 3 is 2.24 bits per heavy atom. The zero-order chi connectivity index (χ0) is 13.1. The van der Waals surface area contributed by atoms with Gasteiger partial charge in [0.2, 0.25) is 17.8 Å². The van der Waals surface area contributed by atoms with Crippen molar-refractivity contribution >= 4 is 17.8 Å². The van der Waals surface area contributed by atoms with Crippen LogP contribution in [0.15, 0.2) is 0 Å². The zero-order valence-corrected chi connectivity index (χ0v) is 9.21. The predicted octanol–water partition coefficient (Wildman–Crippen LogP) is 0.197. The number of hydrogen-bond acceptors (Lipinski definition) is 7. The third-order valence-corrected chi connectivity index (χ3v) is 1.60. The van der Waals surface area contributed by atoms with Crippen molar-refractivity contribution in [3.63, 3.8) is 0 Å². The van der Waals surface area contributed by atoms with E-state index in [0.29, 0.717) is 0 Å². The first-order valence-electron chi connectivity index (χ1n) is 4.52. The maximum absolute atomic E-state index is 12.0. The third-order valence-electron chi connectivity index (χ3n) is 1.60. The van der Waals surface area contributed by atoms with Crippen molar-refractivity contribution in [2.75, 3.05) is 36.3 Å². The number of alkyl halides is 3. The van der Waals surface area contributed by atoms with Gasteiger partial charge in [0.1, 0.15) is 6.54 Å². The van der Waals surface area contributed by atoms with Gasteiger partial charge in [0.05, 0.1) is 0 Å². The Kier molecular flexibility index (Phi) is 3.89. The lowest BCUT2D eigenvalue weighted by Crippen LogP contribution is -2.24. The number of anilines is 3. The molecule has 0 radical (unpaired) electrons. The molecule has 0 saturated carbocycles. The summed E-state index contributed by atoms with van der Waals surface area (Å²) in [7, 11) is 3.28. The number of halogens is 3. The molecule has 1 aromatic heterocycles. The van der Waals surface area contributed by atoms with Crippen LogP contribution < -0.4 is 21.5 Å². The standard InChI is InChI=1S/C7H12F3N7/c1-17(2)6-14-4(12-3-7(8,9)10)13-5(15-6)16-11/h3,11H2,1-2H3,(H2,12,13,14,15,16). The summed E-state index contributed by atoms with van der Waals surface area (Å²) < 4.78 is 36.0. The minimum Gasteiger partial charge on any atom is -0.347 e. The van der Waals surface area contributed by atoms with E-state index in [1.54, 1.807) is 14.1 Å². The van der Waals surface area contributed by atoms with Gasteiger partial charge in [-0.05, 0) is 0 Å². The molecule has 0 saturated heterocycles. The molecule has 1 aromatic rings. The summed E-state index contributed by atoms with van der Waals surface area (Å²) in [5, 5.41) is 2.05. The van der Waals surface area contributed by atoms with E-state index in [9.17, 15) is 13.2 Å². The first-order chi connectivity index (χ1) is 7.81. The number of nitrogens with one attached hydrogen (secondary N) is 2. The van der Waals surface area contributed by atoms with E-state index in [2.05, 4.69) is 20.4 Å². The normalized spacial score (nSPS) is 11.2. The molecule has 7 nitrogen and oxygen atoms in total. The van der Waals surface area contributed by atoms with Crippen LogP contribution in [0.1, 0.15) is 0 Å². The van der Waals surface area contributed by atoms with Crippen LogP contribution in [0.5, 0.6) is 0 Å². The number of aromatic nitrogens is 3. The highest BCUT2D eigenvalue weighted by Crippen LogP contribution is 2.16. The summed E-state index contributed by atoms with van der Waals surface area (Å²) >= 11 is 0. The lowest BCUT2D eigenvalue weighted by atomic mass is 10.6. The fourth-order valence-corrected chi connectivity index (χ4v) is 0.888. The second-order valence-electron chi connectivity index (χ2n) is 3.29. The van der Waals surface area contributed by atoms with Gasteiger partial charge in [-0.3, -0.25) is 5.43 Å². The number of nitrogens with zero attached hydrogens (tertiary/aromatic N) is 4. The second-order valence-corrected chi connectivity index (χ2v) is 3.29. The van der Waals surface area contributed by atoms with Crippen molar-refractivity contribution in [2.45, 2.75) is 6.18 Å². The summed E-state index contributed by atoms with van der Waals surface area (Å²) in [6.07, 6.45) is -4.35. The van der Waals surface area contributed by atoms with E-state index < -0.39 is 12.7 Å². The molecular weight excluding hydrogens is 239 g/mol. The molecular formula is C7H12F3N7. The molecule has 0 aliphatic rings. The highest BCUT2D eigenvalue weighted by Gasteiger charge is 2.27. The van der Waals surface area contributed by atoms with Crippen LogP contribution in [0.4, 0.5) is 31.0 Å². The summed E-state index contributed by atoms with van der Waals surface area (Å²) in [5.41, 5.74) is 2.15. The minimum atomic E-state index is -4.35. The molecule has 0 aliphatic heterocycles. The molecule has 0 amide bonds. The zero-order valence-electron chi connectivity index (χ0n) is 9.21. The lowest BCUT2D eigenvalue weighted by molar-refractivity contribution is -0.115. The molecule has 0 spiro atoms. The van der Waals surface area contributed by atoms with E-state index in [1.165, 1.54) is 4.90 Å². The fraction of sp³-hybridized carbons (Fsp3) is 0.571. The van der Waals surface area contributed by atoms with Crippen molar-refractivity contribution < 1.29 is 13.2 Å². The molecule has 10 heteroatoms. The number of hydrazine groups is 1.